The van der Waals surface area contributed by atoms with Crippen LogP contribution in [0, 0.1) is 6.92 Å². The van der Waals surface area contributed by atoms with Gasteiger partial charge in [-0.25, -0.2) is 5.43 Å². The largest absolute Gasteiger partial charge is 0.496 e. The molecule has 29 heavy (non-hydrogen) atoms. The first-order chi connectivity index (χ1) is 14.1. The van der Waals surface area contributed by atoms with Crippen molar-refractivity contribution >= 4 is 23.9 Å². The molecule has 1 amide bonds. The molecule has 3 rings (SSSR count). The maximum Gasteiger partial charge on any atom is 0.250 e. The van der Waals surface area contributed by atoms with E-state index in [9.17, 15) is 4.79 Å². The lowest BCUT2D eigenvalue weighted by Crippen LogP contribution is -2.20. The van der Waals surface area contributed by atoms with Gasteiger partial charge in [0.1, 0.15) is 5.75 Å². The second-order valence-electron chi connectivity index (χ2n) is 6.24. The average Bonchev–Trinajstić information content (AvgIpc) is 3.16. The first kappa shape index (κ1) is 20.6. The minimum Gasteiger partial charge on any atom is -0.496 e. The van der Waals surface area contributed by atoms with E-state index in [1.807, 2.05) is 66.9 Å². The van der Waals surface area contributed by atoms with Crippen LogP contribution in [0.3, 0.4) is 0 Å². The van der Waals surface area contributed by atoms with Crippen LogP contribution in [0.15, 0.2) is 58.8 Å². The normalized spacial score (nSPS) is 11.0. The Morgan fingerprint density at radius 2 is 1.97 bits per heavy atom. The van der Waals surface area contributed by atoms with Crippen LogP contribution in [0.1, 0.15) is 18.1 Å². The van der Waals surface area contributed by atoms with E-state index in [0.717, 1.165) is 17.0 Å². The van der Waals surface area contributed by atoms with E-state index in [0.29, 0.717) is 17.5 Å². The number of nitrogens with one attached hydrogen (secondary N) is 1. The molecular weight excluding hydrogens is 386 g/mol. The highest BCUT2D eigenvalue weighted by Gasteiger charge is 2.14. The first-order valence-corrected chi connectivity index (χ1v) is 10.2. The van der Waals surface area contributed by atoms with Crippen molar-refractivity contribution in [2.75, 3.05) is 12.9 Å². The fourth-order valence-electron chi connectivity index (χ4n) is 2.71. The molecule has 2 aromatic carbocycles. The summed E-state index contributed by atoms with van der Waals surface area (Å²) in [5.74, 6) is 1.46. The summed E-state index contributed by atoms with van der Waals surface area (Å²) in [6.45, 7) is 4.79. The van der Waals surface area contributed by atoms with Crippen LogP contribution in [-0.2, 0) is 11.3 Å². The monoisotopic (exact) mass is 409 g/mol. The Morgan fingerprint density at radius 3 is 2.69 bits per heavy atom. The predicted octanol–water partition coefficient (Wildman–Crippen LogP) is 3.52. The molecule has 0 fully saturated rings. The average molecular weight is 410 g/mol. The number of methoxy groups -OCH3 is 1. The summed E-state index contributed by atoms with van der Waals surface area (Å²) in [4.78, 5) is 12.1. The van der Waals surface area contributed by atoms with Gasteiger partial charge in [-0.1, -0.05) is 53.7 Å². The van der Waals surface area contributed by atoms with Gasteiger partial charge >= 0.3 is 0 Å². The Kier molecular flexibility index (Phi) is 7.02. The lowest BCUT2D eigenvalue weighted by Gasteiger charge is -2.07. The summed E-state index contributed by atoms with van der Waals surface area (Å²) < 4.78 is 7.25. The van der Waals surface area contributed by atoms with E-state index >= 15 is 0 Å². The first-order valence-electron chi connectivity index (χ1n) is 9.20. The number of hydrazone groups is 1. The number of hydrogen-bond acceptors (Lipinski definition) is 6. The summed E-state index contributed by atoms with van der Waals surface area (Å²) in [7, 11) is 1.59. The molecule has 0 atom stereocenters. The highest BCUT2D eigenvalue weighted by atomic mass is 32.2. The molecule has 150 valence electrons. The molecule has 1 N–H and O–H groups in total. The van der Waals surface area contributed by atoms with Gasteiger partial charge in [0.15, 0.2) is 11.0 Å². The number of carbonyl (C=O) groups is 1. The zero-order valence-corrected chi connectivity index (χ0v) is 17.4. The Balaban J connectivity index is 1.60. The van der Waals surface area contributed by atoms with E-state index in [1.165, 1.54) is 17.3 Å². The van der Waals surface area contributed by atoms with E-state index in [-0.39, 0.29) is 11.7 Å². The summed E-state index contributed by atoms with van der Waals surface area (Å²) in [6, 6.07) is 15.6. The van der Waals surface area contributed by atoms with Crippen molar-refractivity contribution in [1.82, 2.24) is 20.2 Å². The highest BCUT2D eigenvalue weighted by molar-refractivity contribution is 7.99. The van der Waals surface area contributed by atoms with Gasteiger partial charge in [-0.05, 0) is 26.0 Å². The quantitative estimate of drug-likeness (QED) is 0.350. The second-order valence-corrected chi connectivity index (χ2v) is 7.18. The van der Waals surface area contributed by atoms with Crippen LogP contribution in [-0.4, -0.2) is 39.7 Å². The SMILES string of the molecule is CCn1c(SCC(=O)N/N=C/c2ccccc2OC)nnc1-c1ccc(C)cc1. The molecule has 0 unspecified atom stereocenters. The number of benzene rings is 2. The standard InChI is InChI=1S/C21H23N5O2S/c1-4-26-20(16-11-9-15(2)10-12-16)24-25-21(26)29-14-19(27)23-22-13-17-7-5-6-8-18(17)28-3/h5-13H,4,14H2,1-3H3,(H,23,27)/b22-13+. The molecule has 0 aliphatic heterocycles. The molecule has 0 saturated heterocycles. The Labute approximate surface area is 174 Å². The molecule has 0 radical (unpaired) electrons. The van der Waals surface area contributed by atoms with Crippen LogP contribution >= 0.6 is 11.8 Å². The molecule has 7 nitrogen and oxygen atoms in total. The summed E-state index contributed by atoms with van der Waals surface area (Å²) in [6.07, 6.45) is 1.56. The fourth-order valence-corrected chi connectivity index (χ4v) is 3.50. The zero-order chi connectivity index (χ0) is 20.6. The number of carbonyl (C=O) groups excluding carboxylic acids is 1. The number of aromatic nitrogens is 3. The molecule has 1 heterocycles. The number of amides is 1. The molecular formula is C21H23N5O2S. The summed E-state index contributed by atoms with van der Waals surface area (Å²) >= 11 is 1.33. The fraction of sp³-hybridized carbons (Fsp3) is 0.238. The number of thioether (sulfide) groups is 1. The number of ether oxygens (including phenoxy) is 1. The van der Waals surface area contributed by atoms with Crippen molar-refractivity contribution in [3.8, 4) is 17.1 Å². The van der Waals surface area contributed by atoms with Gasteiger partial charge in [-0.3, -0.25) is 4.79 Å². The molecule has 8 heteroatoms. The summed E-state index contributed by atoms with van der Waals surface area (Å²) in [5.41, 5.74) is 5.51. The third-order valence-corrected chi connectivity index (χ3v) is 5.17. The van der Waals surface area contributed by atoms with Gasteiger partial charge in [0.25, 0.3) is 5.91 Å². The van der Waals surface area contributed by atoms with Gasteiger partial charge in [0.2, 0.25) is 0 Å². The molecule has 0 spiro atoms. The minimum atomic E-state index is -0.219. The molecule has 3 aromatic rings. The second kappa shape index (κ2) is 9.88. The van der Waals surface area contributed by atoms with Crippen molar-refractivity contribution in [3.63, 3.8) is 0 Å². The van der Waals surface area contributed by atoms with Crippen molar-refractivity contribution in [2.45, 2.75) is 25.5 Å². The maximum atomic E-state index is 12.1. The van der Waals surface area contributed by atoms with Crippen LogP contribution in [0.5, 0.6) is 5.75 Å². The van der Waals surface area contributed by atoms with Crippen molar-refractivity contribution in [3.05, 3.63) is 59.7 Å². The van der Waals surface area contributed by atoms with Crippen LogP contribution in [0.2, 0.25) is 0 Å². The number of hydrogen-bond donors (Lipinski definition) is 1. The van der Waals surface area contributed by atoms with E-state index in [1.54, 1.807) is 13.3 Å². The molecule has 0 bridgehead atoms. The van der Waals surface area contributed by atoms with E-state index in [4.69, 9.17) is 4.74 Å². The highest BCUT2D eigenvalue weighted by Crippen LogP contribution is 2.24. The Hall–Kier alpha value is -3.13. The van der Waals surface area contributed by atoms with Crippen LogP contribution in [0.4, 0.5) is 0 Å². The van der Waals surface area contributed by atoms with Gasteiger partial charge in [0, 0.05) is 17.7 Å². The third kappa shape index (κ3) is 5.23. The number of nitrogens with zero attached hydrogens (tertiary/aromatic N) is 4. The molecule has 0 aliphatic rings. The minimum absolute atomic E-state index is 0.190. The number of para-hydroxylation sites is 1. The topological polar surface area (TPSA) is 81.4 Å². The lowest BCUT2D eigenvalue weighted by molar-refractivity contribution is -0.118. The molecule has 0 saturated carbocycles. The van der Waals surface area contributed by atoms with Crippen molar-refractivity contribution in [1.29, 1.82) is 0 Å². The predicted molar refractivity (Wildman–Crippen MR) is 115 cm³/mol. The van der Waals surface area contributed by atoms with Crippen molar-refractivity contribution in [2.24, 2.45) is 5.10 Å². The number of rotatable bonds is 8. The van der Waals surface area contributed by atoms with Gasteiger partial charge in [-0.2, -0.15) is 5.10 Å². The maximum absolute atomic E-state index is 12.1. The lowest BCUT2D eigenvalue weighted by atomic mass is 10.1. The van der Waals surface area contributed by atoms with Gasteiger partial charge in [-0.15, -0.1) is 10.2 Å². The van der Waals surface area contributed by atoms with Crippen LogP contribution < -0.4 is 10.2 Å². The molecule has 1 aromatic heterocycles. The smallest absolute Gasteiger partial charge is 0.250 e. The third-order valence-electron chi connectivity index (χ3n) is 4.21. The van der Waals surface area contributed by atoms with E-state index < -0.39 is 0 Å². The van der Waals surface area contributed by atoms with E-state index in [2.05, 4.69) is 20.7 Å². The number of aryl methyl sites for hydroxylation is 1. The molecule has 0 aliphatic carbocycles. The van der Waals surface area contributed by atoms with Gasteiger partial charge < -0.3 is 9.30 Å². The van der Waals surface area contributed by atoms with Gasteiger partial charge in [0.05, 0.1) is 19.1 Å². The summed E-state index contributed by atoms with van der Waals surface area (Å²) in [5, 5.41) is 13.3. The Bertz CT molecular complexity index is 999. The zero-order valence-electron chi connectivity index (χ0n) is 16.6. The van der Waals surface area contributed by atoms with Crippen LogP contribution in [0.25, 0.3) is 11.4 Å². The van der Waals surface area contributed by atoms with Crippen molar-refractivity contribution < 1.29 is 9.53 Å². The Morgan fingerprint density at radius 1 is 1.21 bits per heavy atom.